The van der Waals surface area contributed by atoms with E-state index in [1.165, 1.54) is 18.7 Å². The number of aromatic nitrogens is 2. The third-order valence-electron chi connectivity index (χ3n) is 4.75. The molecule has 5 heteroatoms. The van der Waals surface area contributed by atoms with Gasteiger partial charge in [-0.05, 0) is 29.5 Å². The molecular weight excluding hydrogens is 296 g/mol. The lowest BCUT2D eigenvalue weighted by Crippen LogP contribution is -2.29. The number of rotatable bonds is 3. The summed E-state index contributed by atoms with van der Waals surface area (Å²) in [5.41, 5.74) is 1.41. The quantitative estimate of drug-likeness (QED) is 0.872. The van der Waals surface area contributed by atoms with Crippen molar-refractivity contribution in [1.82, 2.24) is 15.1 Å². The summed E-state index contributed by atoms with van der Waals surface area (Å²) in [5, 5.41) is 8.61. The number of hydrogen-bond acceptors (Lipinski definition) is 4. The Hall–Kier alpha value is -1.65. The molecule has 4 nitrogen and oxygen atoms in total. The maximum atomic E-state index is 5.81. The Balaban J connectivity index is 1.37. The maximum absolute atomic E-state index is 5.81. The highest BCUT2D eigenvalue weighted by atomic mass is 35.5. The summed E-state index contributed by atoms with van der Waals surface area (Å²) in [7, 11) is 0. The highest BCUT2D eigenvalue weighted by Crippen LogP contribution is 2.33. The van der Waals surface area contributed by atoms with E-state index in [2.05, 4.69) is 50.3 Å². The van der Waals surface area contributed by atoms with Crippen LogP contribution in [0.2, 0.25) is 5.15 Å². The van der Waals surface area contributed by atoms with Crippen LogP contribution in [0.3, 0.4) is 0 Å². The third kappa shape index (κ3) is 2.81. The first-order valence-corrected chi connectivity index (χ1v) is 8.16. The molecule has 22 heavy (non-hydrogen) atoms. The molecule has 2 saturated heterocycles. The highest BCUT2D eigenvalue weighted by molar-refractivity contribution is 6.29. The molecule has 2 aliphatic rings. The lowest BCUT2D eigenvalue weighted by Gasteiger charge is -2.22. The van der Waals surface area contributed by atoms with Crippen LogP contribution in [0, 0.1) is 11.8 Å². The minimum absolute atomic E-state index is 0.456. The van der Waals surface area contributed by atoms with Crippen molar-refractivity contribution in [3.63, 3.8) is 0 Å². The Morgan fingerprint density at radius 2 is 1.64 bits per heavy atom. The van der Waals surface area contributed by atoms with Gasteiger partial charge in [-0.2, -0.15) is 0 Å². The summed E-state index contributed by atoms with van der Waals surface area (Å²) < 4.78 is 0. The standard InChI is InChI=1S/C17H19ClN4/c18-16-6-7-17(20-19-16)22-11-14-9-21(10-15(14)12-22)8-13-4-2-1-3-5-13/h1-7,14-15H,8-12H2. The number of likely N-dealkylation sites (tertiary alicyclic amines) is 1. The lowest BCUT2D eigenvalue weighted by atomic mass is 10.0. The van der Waals surface area contributed by atoms with Crippen LogP contribution in [0.25, 0.3) is 0 Å². The minimum Gasteiger partial charge on any atom is -0.354 e. The van der Waals surface area contributed by atoms with E-state index in [9.17, 15) is 0 Å². The molecule has 0 radical (unpaired) electrons. The molecule has 2 aromatic rings. The Morgan fingerprint density at radius 1 is 0.909 bits per heavy atom. The van der Waals surface area contributed by atoms with Crippen molar-refractivity contribution < 1.29 is 0 Å². The second kappa shape index (κ2) is 5.86. The van der Waals surface area contributed by atoms with Crippen LogP contribution in [0.5, 0.6) is 0 Å². The number of fused-ring (bicyclic) bond motifs is 1. The average molecular weight is 315 g/mol. The molecule has 2 aliphatic heterocycles. The molecule has 0 aliphatic carbocycles. The van der Waals surface area contributed by atoms with Gasteiger partial charge in [0.25, 0.3) is 0 Å². The molecule has 0 saturated carbocycles. The van der Waals surface area contributed by atoms with Crippen molar-refractivity contribution in [1.29, 1.82) is 0 Å². The number of nitrogens with zero attached hydrogens (tertiary/aromatic N) is 4. The van der Waals surface area contributed by atoms with Gasteiger partial charge in [0.05, 0.1) is 0 Å². The van der Waals surface area contributed by atoms with Gasteiger partial charge in [-0.25, -0.2) is 0 Å². The molecule has 2 atom stereocenters. The van der Waals surface area contributed by atoms with E-state index in [-0.39, 0.29) is 0 Å². The topological polar surface area (TPSA) is 32.3 Å². The lowest BCUT2D eigenvalue weighted by molar-refractivity contribution is 0.309. The van der Waals surface area contributed by atoms with Gasteiger partial charge in [0.15, 0.2) is 11.0 Å². The first-order chi connectivity index (χ1) is 10.8. The van der Waals surface area contributed by atoms with E-state index in [4.69, 9.17) is 11.6 Å². The van der Waals surface area contributed by atoms with Gasteiger partial charge in [0, 0.05) is 32.7 Å². The molecule has 2 fully saturated rings. The van der Waals surface area contributed by atoms with Crippen molar-refractivity contribution >= 4 is 17.4 Å². The van der Waals surface area contributed by atoms with E-state index in [1.807, 2.05) is 12.1 Å². The van der Waals surface area contributed by atoms with E-state index in [0.717, 1.165) is 37.3 Å². The largest absolute Gasteiger partial charge is 0.354 e. The van der Waals surface area contributed by atoms with E-state index in [0.29, 0.717) is 5.15 Å². The van der Waals surface area contributed by atoms with Crippen LogP contribution in [0.4, 0.5) is 5.82 Å². The predicted octanol–water partition coefficient (Wildman–Crippen LogP) is 2.70. The highest BCUT2D eigenvalue weighted by Gasteiger charge is 2.40. The fourth-order valence-electron chi connectivity index (χ4n) is 3.73. The van der Waals surface area contributed by atoms with E-state index in [1.54, 1.807) is 0 Å². The fraction of sp³-hybridized carbons (Fsp3) is 0.412. The smallest absolute Gasteiger partial charge is 0.151 e. The van der Waals surface area contributed by atoms with Gasteiger partial charge in [-0.1, -0.05) is 41.9 Å². The van der Waals surface area contributed by atoms with Gasteiger partial charge in [-0.15, -0.1) is 10.2 Å². The summed E-state index contributed by atoms with van der Waals surface area (Å²) >= 11 is 5.81. The van der Waals surface area contributed by atoms with Gasteiger partial charge in [0.1, 0.15) is 0 Å². The number of halogens is 1. The van der Waals surface area contributed by atoms with Gasteiger partial charge >= 0.3 is 0 Å². The second-order valence-electron chi connectivity index (χ2n) is 6.32. The normalized spacial score (nSPS) is 24.7. The summed E-state index contributed by atoms with van der Waals surface area (Å²) in [6, 6.07) is 14.5. The number of hydrogen-bond donors (Lipinski definition) is 0. The van der Waals surface area contributed by atoms with Crippen molar-refractivity contribution in [2.45, 2.75) is 6.54 Å². The molecular formula is C17H19ClN4. The zero-order valence-electron chi connectivity index (χ0n) is 12.4. The Morgan fingerprint density at radius 3 is 2.27 bits per heavy atom. The Labute approximate surface area is 135 Å². The van der Waals surface area contributed by atoms with Crippen molar-refractivity contribution in [2.75, 3.05) is 31.1 Å². The minimum atomic E-state index is 0.456. The van der Waals surface area contributed by atoms with E-state index >= 15 is 0 Å². The molecule has 1 aromatic carbocycles. The van der Waals surface area contributed by atoms with Crippen molar-refractivity contribution in [2.24, 2.45) is 11.8 Å². The van der Waals surface area contributed by atoms with Crippen LogP contribution < -0.4 is 4.90 Å². The number of anilines is 1. The first-order valence-electron chi connectivity index (χ1n) is 7.78. The molecule has 114 valence electrons. The van der Waals surface area contributed by atoms with Crippen LogP contribution in [-0.4, -0.2) is 41.3 Å². The fourth-order valence-corrected chi connectivity index (χ4v) is 3.83. The molecule has 1 aromatic heterocycles. The summed E-state index contributed by atoms with van der Waals surface area (Å²) in [6.45, 7) is 5.57. The zero-order valence-corrected chi connectivity index (χ0v) is 13.2. The third-order valence-corrected chi connectivity index (χ3v) is 4.95. The van der Waals surface area contributed by atoms with Gasteiger partial charge in [-0.3, -0.25) is 4.90 Å². The van der Waals surface area contributed by atoms with Crippen molar-refractivity contribution in [3.05, 3.63) is 53.2 Å². The number of benzene rings is 1. The molecule has 0 amide bonds. The molecule has 4 rings (SSSR count). The molecule has 2 unspecified atom stereocenters. The van der Waals surface area contributed by atoms with Gasteiger partial charge in [0.2, 0.25) is 0 Å². The monoisotopic (exact) mass is 314 g/mol. The van der Waals surface area contributed by atoms with Crippen LogP contribution >= 0.6 is 11.6 Å². The summed E-state index contributed by atoms with van der Waals surface area (Å²) in [6.07, 6.45) is 0. The zero-order chi connectivity index (χ0) is 14.9. The van der Waals surface area contributed by atoms with E-state index < -0.39 is 0 Å². The summed E-state index contributed by atoms with van der Waals surface area (Å²) in [4.78, 5) is 4.92. The Kier molecular flexibility index (Phi) is 3.72. The summed E-state index contributed by atoms with van der Waals surface area (Å²) in [5.74, 6) is 2.43. The molecule has 0 bridgehead atoms. The van der Waals surface area contributed by atoms with Crippen LogP contribution in [0.1, 0.15) is 5.56 Å². The Bertz CT molecular complexity index is 617. The van der Waals surface area contributed by atoms with Crippen molar-refractivity contribution in [3.8, 4) is 0 Å². The molecule has 3 heterocycles. The van der Waals surface area contributed by atoms with Crippen LogP contribution in [-0.2, 0) is 6.54 Å². The molecule has 0 spiro atoms. The molecule has 0 N–H and O–H groups in total. The SMILES string of the molecule is Clc1ccc(N2CC3CN(Cc4ccccc4)CC3C2)nn1. The first kappa shape index (κ1) is 14.0. The second-order valence-corrected chi connectivity index (χ2v) is 6.71. The van der Waals surface area contributed by atoms with Gasteiger partial charge < -0.3 is 4.90 Å². The maximum Gasteiger partial charge on any atom is 0.151 e. The predicted molar refractivity (Wildman–Crippen MR) is 88.0 cm³/mol. The average Bonchev–Trinajstić information content (AvgIpc) is 3.07. The van der Waals surface area contributed by atoms with Crippen LogP contribution in [0.15, 0.2) is 42.5 Å².